The van der Waals surface area contributed by atoms with Crippen LogP contribution in [-0.2, 0) is 6.54 Å². The molecule has 2 unspecified atom stereocenters. The minimum atomic E-state index is 0.660. The Labute approximate surface area is 127 Å². The molecule has 0 spiro atoms. The first kappa shape index (κ1) is 14.3. The van der Waals surface area contributed by atoms with Crippen LogP contribution < -0.4 is 5.32 Å². The van der Waals surface area contributed by atoms with E-state index in [0.717, 1.165) is 18.3 Å². The Balaban J connectivity index is 1.72. The van der Waals surface area contributed by atoms with Crippen LogP contribution in [0.2, 0.25) is 0 Å². The van der Waals surface area contributed by atoms with E-state index in [9.17, 15) is 0 Å². The summed E-state index contributed by atoms with van der Waals surface area (Å²) in [7, 11) is 0. The molecule has 2 aromatic rings. The minimum absolute atomic E-state index is 0.660. The van der Waals surface area contributed by atoms with Crippen molar-refractivity contribution in [1.82, 2.24) is 14.9 Å². The molecule has 1 fully saturated rings. The summed E-state index contributed by atoms with van der Waals surface area (Å²) in [6.07, 6.45) is 7.36. The zero-order chi connectivity index (χ0) is 14.7. The highest BCUT2D eigenvalue weighted by atomic mass is 15.1. The molecule has 1 saturated carbocycles. The first-order chi connectivity index (χ1) is 10.2. The Kier molecular flexibility index (Phi) is 4.39. The Morgan fingerprint density at radius 2 is 2.05 bits per heavy atom. The molecule has 3 nitrogen and oxygen atoms in total. The van der Waals surface area contributed by atoms with E-state index in [1.165, 1.54) is 37.1 Å². The number of hydrogen-bond donors (Lipinski definition) is 1. The molecule has 0 amide bonds. The van der Waals surface area contributed by atoms with Gasteiger partial charge < -0.3 is 5.32 Å². The summed E-state index contributed by atoms with van der Waals surface area (Å²) >= 11 is 0. The summed E-state index contributed by atoms with van der Waals surface area (Å²) < 4.78 is 2.25. The second kappa shape index (κ2) is 6.44. The number of hydrogen-bond acceptors (Lipinski definition) is 2. The van der Waals surface area contributed by atoms with E-state index in [1.807, 2.05) is 6.20 Å². The summed E-state index contributed by atoms with van der Waals surface area (Å²) in [5, 5.41) is 3.73. The van der Waals surface area contributed by atoms with Gasteiger partial charge in [0.05, 0.1) is 11.9 Å². The molecule has 21 heavy (non-hydrogen) atoms. The molecule has 1 aromatic heterocycles. The van der Waals surface area contributed by atoms with Crippen LogP contribution in [0.3, 0.4) is 0 Å². The van der Waals surface area contributed by atoms with Crippen molar-refractivity contribution in [3.05, 3.63) is 48.0 Å². The van der Waals surface area contributed by atoms with Crippen LogP contribution in [0, 0.1) is 12.8 Å². The molecule has 1 aromatic carbocycles. The van der Waals surface area contributed by atoms with Crippen molar-refractivity contribution in [3.63, 3.8) is 0 Å². The molecule has 0 bridgehead atoms. The van der Waals surface area contributed by atoms with E-state index in [-0.39, 0.29) is 0 Å². The van der Waals surface area contributed by atoms with E-state index in [4.69, 9.17) is 0 Å². The third-order valence-electron chi connectivity index (χ3n) is 4.53. The van der Waals surface area contributed by atoms with Crippen LogP contribution in [0.1, 0.15) is 44.1 Å². The maximum absolute atomic E-state index is 4.49. The zero-order valence-electron chi connectivity index (χ0n) is 13.0. The van der Waals surface area contributed by atoms with Gasteiger partial charge in [-0.15, -0.1) is 0 Å². The number of nitrogens with zero attached hydrogens (tertiary/aromatic N) is 2. The van der Waals surface area contributed by atoms with Gasteiger partial charge in [-0.3, -0.25) is 4.57 Å². The fourth-order valence-corrected chi connectivity index (χ4v) is 3.41. The molecule has 1 aliphatic carbocycles. The Morgan fingerprint density at radius 1 is 1.24 bits per heavy atom. The highest BCUT2D eigenvalue weighted by Crippen LogP contribution is 2.24. The molecule has 0 radical (unpaired) electrons. The van der Waals surface area contributed by atoms with Gasteiger partial charge in [-0.25, -0.2) is 4.98 Å². The molecule has 0 aliphatic heterocycles. The monoisotopic (exact) mass is 283 g/mol. The van der Waals surface area contributed by atoms with Crippen LogP contribution in [0.25, 0.3) is 5.69 Å². The summed E-state index contributed by atoms with van der Waals surface area (Å²) in [5.74, 6) is 1.91. The highest BCUT2D eigenvalue weighted by Gasteiger charge is 2.19. The molecule has 1 N–H and O–H groups in total. The molecule has 0 saturated heterocycles. The smallest absolute Gasteiger partial charge is 0.110 e. The lowest BCUT2D eigenvalue weighted by molar-refractivity contribution is 0.299. The van der Waals surface area contributed by atoms with E-state index in [2.05, 4.69) is 59.0 Å². The fraction of sp³-hybridized carbons (Fsp3) is 0.500. The predicted molar refractivity (Wildman–Crippen MR) is 86.6 cm³/mol. The second-order valence-corrected chi connectivity index (χ2v) is 6.32. The summed E-state index contributed by atoms with van der Waals surface area (Å²) in [6, 6.07) is 11.1. The van der Waals surface area contributed by atoms with E-state index in [1.54, 1.807) is 0 Å². The third kappa shape index (κ3) is 3.35. The van der Waals surface area contributed by atoms with E-state index < -0.39 is 0 Å². The number of aryl methyl sites for hydroxylation is 1. The minimum Gasteiger partial charge on any atom is -0.308 e. The third-order valence-corrected chi connectivity index (χ3v) is 4.53. The van der Waals surface area contributed by atoms with Gasteiger partial charge in [0.1, 0.15) is 5.82 Å². The first-order valence-electron chi connectivity index (χ1n) is 8.06. The lowest BCUT2D eigenvalue weighted by atomic mass is 9.87. The van der Waals surface area contributed by atoms with Crippen molar-refractivity contribution in [2.75, 3.05) is 0 Å². The normalized spacial score (nSPS) is 22.4. The van der Waals surface area contributed by atoms with E-state index >= 15 is 0 Å². The number of para-hydroxylation sites is 1. The van der Waals surface area contributed by atoms with Crippen molar-refractivity contribution in [3.8, 4) is 5.69 Å². The van der Waals surface area contributed by atoms with Crippen LogP contribution in [0.4, 0.5) is 0 Å². The topological polar surface area (TPSA) is 29.9 Å². The molecule has 3 heteroatoms. The maximum Gasteiger partial charge on any atom is 0.110 e. The quantitative estimate of drug-likeness (QED) is 0.923. The number of nitrogens with one attached hydrogen (secondary N) is 1. The predicted octanol–water partition coefficient (Wildman–Crippen LogP) is 3.85. The van der Waals surface area contributed by atoms with Crippen molar-refractivity contribution in [2.24, 2.45) is 5.92 Å². The summed E-state index contributed by atoms with van der Waals surface area (Å²) in [5.41, 5.74) is 2.44. The molecule has 1 heterocycles. The summed E-state index contributed by atoms with van der Waals surface area (Å²) in [6.45, 7) is 5.33. The van der Waals surface area contributed by atoms with Gasteiger partial charge in [-0.2, -0.15) is 0 Å². The Morgan fingerprint density at radius 3 is 2.81 bits per heavy atom. The molecule has 3 rings (SSSR count). The molecule has 112 valence electrons. The Hall–Kier alpha value is -1.61. The lowest BCUT2D eigenvalue weighted by Gasteiger charge is -2.27. The van der Waals surface area contributed by atoms with Crippen molar-refractivity contribution >= 4 is 0 Å². The second-order valence-electron chi connectivity index (χ2n) is 6.32. The SMILES string of the molecule is Cc1ncc(CNC2CCCC(C)C2)n1-c1ccccc1. The first-order valence-corrected chi connectivity index (χ1v) is 8.06. The standard InChI is InChI=1S/C18H25N3/c1-14-7-6-8-16(11-14)20-13-18-12-19-15(2)21(18)17-9-4-3-5-10-17/h3-5,9-10,12,14,16,20H,6-8,11,13H2,1-2H3. The number of benzene rings is 1. The zero-order valence-corrected chi connectivity index (χ0v) is 13.0. The van der Waals surface area contributed by atoms with E-state index in [0.29, 0.717) is 6.04 Å². The number of imidazole rings is 1. The van der Waals surface area contributed by atoms with Crippen molar-refractivity contribution < 1.29 is 0 Å². The van der Waals surface area contributed by atoms with Gasteiger partial charge in [0.15, 0.2) is 0 Å². The number of rotatable bonds is 4. The fourth-order valence-electron chi connectivity index (χ4n) is 3.41. The average Bonchev–Trinajstić information content (AvgIpc) is 2.87. The molecular formula is C18H25N3. The van der Waals surface area contributed by atoms with Gasteiger partial charge >= 0.3 is 0 Å². The van der Waals surface area contributed by atoms with Crippen LogP contribution in [0.15, 0.2) is 36.5 Å². The van der Waals surface area contributed by atoms with Gasteiger partial charge in [0, 0.05) is 18.3 Å². The van der Waals surface area contributed by atoms with Crippen LogP contribution >= 0.6 is 0 Å². The largest absolute Gasteiger partial charge is 0.308 e. The van der Waals surface area contributed by atoms with Gasteiger partial charge in [-0.05, 0) is 37.8 Å². The van der Waals surface area contributed by atoms with Crippen LogP contribution in [-0.4, -0.2) is 15.6 Å². The van der Waals surface area contributed by atoms with Gasteiger partial charge in [-0.1, -0.05) is 38.0 Å². The maximum atomic E-state index is 4.49. The Bertz CT molecular complexity index is 573. The summed E-state index contributed by atoms with van der Waals surface area (Å²) in [4.78, 5) is 4.49. The van der Waals surface area contributed by atoms with Crippen molar-refractivity contribution in [1.29, 1.82) is 0 Å². The molecule has 2 atom stereocenters. The molecular weight excluding hydrogens is 258 g/mol. The average molecular weight is 283 g/mol. The van der Waals surface area contributed by atoms with Gasteiger partial charge in [0.25, 0.3) is 0 Å². The highest BCUT2D eigenvalue weighted by molar-refractivity contribution is 5.35. The molecule has 1 aliphatic rings. The number of aromatic nitrogens is 2. The van der Waals surface area contributed by atoms with Crippen molar-refractivity contribution in [2.45, 2.75) is 52.1 Å². The lowest BCUT2D eigenvalue weighted by Crippen LogP contribution is -2.33. The van der Waals surface area contributed by atoms with Gasteiger partial charge in [0.2, 0.25) is 0 Å². The van der Waals surface area contributed by atoms with Crippen LogP contribution in [0.5, 0.6) is 0 Å².